The minimum Gasteiger partial charge on any atom is -0.383 e. The fourth-order valence-corrected chi connectivity index (χ4v) is 1.40. The molecule has 0 unspecified atom stereocenters. The van der Waals surface area contributed by atoms with Gasteiger partial charge in [-0.25, -0.2) is 4.39 Å². The molecule has 0 heterocycles. The van der Waals surface area contributed by atoms with Crippen LogP contribution in [0, 0.1) is 5.82 Å². The van der Waals surface area contributed by atoms with E-state index in [0.29, 0.717) is 29.5 Å². The lowest BCUT2D eigenvalue weighted by Crippen LogP contribution is -2.34. The van der Waals surface area contributed by atoms with Gasteiger partial charge in [0.2, 0.25) is 0 Å². The minimum absolute atomic E-state index is 0.307. The molecule has 0 fully saturated rings. The third-order valence-corrected chi connectivity index (χ3v) is 2.42. The SMILES string of the molecule is COCCNC(=S)N/N=C(/C)c1ccccc1F. The molecule has 0 saturated heterocycles. The second kappa shape index (κ2) is 7.73. The predicted molar refractivity (Wildman–Crippen MR) is 74.2 cm³/mol. The Morgan fingerprint density at radius 3 is 2.83 bits per heavy atom. The van der Waals surface area contributed by atoms with Crippen molar-refractivity contribution in [1.82, 2.24) is 10.7 Å². The maximum atomic E-state index is 13.4. The predicted octanol–water partition coefficient (Wildman–Crippen LogP) is 1.66. The Labute approximate surface area is 111 Å². The summed E-state index contributed by atoms with van der Waals surface area (Å²) in [6, 6.07) is 6.45. The average molecular weight is 269 g/mol. The van der Waals surface area contributed by atoms with E-state index >= 15 is 0 Å². The minimum atomic E-state index is -0.307. The van der Waals surface area contributed by atoms with E-state index in [9.17, 15) is 4.39 Å². The fourth-order valence-electron chi connectivity index (χ4n) is 1.26. The number of hydrazone groups is 1. The summed E-state index contributed by atoms with van der Waals surface area (Å²) in [4.78, 5) is 0. The first-order chi connectivity index (χ1) is 8.65. The summed E-state index contributed by atoms with van der Waals surface area (Å²) in [5.74, 6) is -0.307. The topological polar surface area (TPSA) is 45.6 Å². The van der Waals surface area contributed by atoms with Crippen LogP contribution in [0.2, 0.25) is 0 Å². The summed E-state index contributed by atoms with van der Waals surface area (Å²) >= 11 is 4.99. The third kappa shape index (κ3) is 4.77. The highest BCUT2D eigenvalue weighted by molar-refractivity contribution is 7.80. The molecule has 18 heavy (non-hydrogen) atoms. The number of halogens is 1. The molecular weight excluding hydrogens is 253 g/mol. The monoisotopic (exact) mass is 269 g/mol. The van der Waals surface area contributed by atoms with Crippen LogP contribution >= 0.6 is 12.2 Å². The molecule has 2 N–H and O–H groups in total. The van der Waals surface area contributed by atoms with Crippen molar-refractivity contribution in [1.29, 1.82) is 0 Å². The molecule has 6 heteroatoms. The normalized spacial score (nSPS) is 11.2. The van der Waals surface area contributed by atoms with Crippen molar-refractivity contribution in [2.45, 2.75) is 6.92 Å². The number of hydrogen-bond acceptors (Lipinski definition) is 3. The van der Waals surface area contributed by atoms with Gasteiger partial charge in [-0.1, -0.05) is 18.2 Å². The Kier molecular flexibility index (Phi) is 6.24. The third-order valence-electron chi connectivity index (χ3n) is 2.18. The number of nitrogens with one attached hydrogen (secondary N) is 2. The molecule has 0 aliphatic heterocycles. The molecule has 0 saturated carbocycles. The van der Waals surface area contributed by atoms with Gasteiger partial charge in [-0.05, 0) is 25.2 Å². The van der Waals surface area contributed by atoms with Gasteiger partial charge in [0.1, 0.15) is 5.82 Å². The number of nitrogens with zero attached hydrogens (tertiary/aromatic N) is 1. The number of methoxy groups -OCH3 is 1. The van der Waals surface area contributed by atoms with Crippen LogP contribution in [-0.4, -0.2) is 31.1 Å². The van der Waals surface area contributed by atoms with Crippen molar-refractivity contribution in [3.05, 3.63) is 35.6 Å². The van der Waals surface area contributed by atoms with E-state index in [1.165, 1.54) is 6.07 Å². The average Bonchev–Trinajstić information content (AvgIpc) is 2.37. The number of thiocarbonyl (C=S) groups is 1. The Balaban J connectivity index is 2.52. The van der Waals surface area contributed by atoms with Gasteiger partial charge < -0.3 is 10.1 Å². The second-order valence-corrected chi connectivity index (χ2v) is 3.95. The van der Waals surface area contributed by atoms with Crippen LogP contribution in [0.25, 0.3) is 0 Å². The van der Waals surface area contributed by atoms with Gasteiger partial charge in [-0.3, -0.25) is 5.43 Å². The van der Waals surface area contributed by atoms with Crippen LogP contribution in [-0.2, 0) is 4.74 Å². The Morgan fingerprint density at radius 2 is 2.17 bits per heavy atom. The van der Waals surface area contributed by atoms with Gasteiger partial charge in [0.25, 0.3) is 0 Å². The van der Waals surface area contributed by atoms with Crippen molar-refractivity contribution >= 4 is 23.0 Å². The highest BCUT2D eigenvalue weighted by Gasteiger charge is 2.03. The van der Waals surface area contributed by atoms with E-state index in [-0.39, 0.29) is 5.82 Å². The van der Waals surface area contributed by atoms with Gasteiger partial charge in [0, 0.05) is 19.2 Å². The van der Waals surface area contributed by atoms with Gasteiger partial charge >= 0.3 is 0 Å². The van der Waals surface area contributed by atoms with E-state index in [0.717, 1.165) is 0 Å². The molecule has 0 aliphatic carbocycles. The number of rotatable bonds is 5. The maximum Gasteiger partial charge on any atom is 0.187 e. The molecule has 0 spiro atoms. The molecule has 4 nitrogen and oxygen atoms in total. The van der Waals surface area contributed by atoms with Crippen LogP contribution in [0.4, 0.5) is 4.39 Å². The molecule has 0 amide bonds. The number of ether oxygens (including phenoxy) is 1. The van der Waals surface area contributed by atoms with Gasteiger partial charge in [0.15, 0.2) is 5.11 Å². The fraction of sp³-hybridized carbons (Fsp3) is 0.333. The van der Waals surface area contributed by atoms with Crippen LogP contribution in [0.5, 0.6) is 0 Å². The van der Waals surface area contributed by atoms with E-state index < -0.39 is 0 Å². The first-order valence-electron chi connectivity index (χ1n) is 5.47. The summed E-state index contributed by atoms with van der Waals surface area (Å²) in [6.45, 7) is 2.86. The summed E-state index contributed by atoms with van der Waals surface area (Å²) < 4.78 is 18.3. The Hall–Kier alpha value is -1.53. The van der Waals surface area contributed by atoms with Crippen LogP contribution in [0.1, 0.15) is 12.5 Å². The standard InChI is InChI=1S/C12H16FN3OS/c1-9(10-5-3-4-6-11(10)13)15-16-12(18)14-7-8-17-2/h3-6H,7-8H2,1-2H3,(H2,14,16,18)/b15-9-. The number of benzene rings is 1. The quantitative estimate of drug-likeness (QED) is 0.369. The van der Waals surface area contributed by atoms with Crippen LogP contribution in [0.15, 0.2) is 29.4 Å². The van der Waals surface area contributed by atoms with Crippen molar-refractivity contribution in [3.63, 3.8) is 0 Å². The molecule has 0 radical (unpaired) electrons. The highest BCUT2D eigenvalue weighted by atomic mass is 32.1. The molecule has 0 atom stereocenters. The summed E-state index contributed by atoms with van der Waals surface area (Å²) in [7, 11) is 1.61. The smallest absolute Gasteiger partial charge is 0.187 e. The zero-order valence-electron chi connectivity index (χ0n) is 10.4. The molecule has 98 valence electrons. The zero-order valence-corrected chi connectivity index (χ0v) is 11.2. The highest BCUT2D eigenvalue weighted by Crippen LogP contribution is 2.07. The van der Waals surface area contributed by atoms with Gasteiger partial charge in [-0.2, -0.15) is 5.10 Å². The molecule has 0 aliphatic rings. The van der Waals surface area contributed by atoms with Crippen molar-refractivity contribution in [3.8, 4) is 0 Å². The van der Waals surface area contributed by atoms with Gasteiger partial charge in [0.05, 0.1) is 12.3 Å². The second-order valence-electron chi connectivity index (χ2n) is 3.54. The summed E-state index contributed by atoms with van der Waals surface area (Å²) in [5, 5.41) is 7.29. The largest absolute Gasteiger partial charge is 0.383 e. The maximum absolute atomic E-state index is 13.4. The Bertz CT molecular complexity index is 437. The van der Waals surface area contributed by atoms with Crippen LogP contribution in [0.3, 0.4) is 0 Å². The van der Waals surface area contributed by atoms with Crippen molar-refractivity contribution in [2.24, 2.45) is 5.10 Å². The van der Waals surface area contributed by atoms with E-state index in [4.69, 9.17) is 17.0 Å². The van der Waals surface area contributed by atoms with E-state index in [2.05, 4.69) is 15.8 Å². The lowest BCUT2D eigenvalue weighted by atomic mass is 10.1. The first kappa shape index (κ1) is 14.5. The molecule has 0 bridgehead atoms. The lowest BCUT2D eigenvalue weighted by molar-refractivity contribution is 0.204. The first-order valence-corrected chi connectivity index (χ1v) is 5.88. The summed E-state index contributed by atoms with van der Waals surface area (Å²) in [6.07, 6.45) is 0. The summed E-state index contributed by atoms with van der Waals surface area (Å²) in [5.41, 5.74) is 3.63. The van der Waals surface area contributed by atoms with Gasteiger partial charge in [-0.15, -0.1) is 0 Å². The Morgan fingerprint density at radius 1 is 1.44 bits per heavy atom. The van der Waals surface area contributed by atoms with Crippen molar-refractivity contribution < 1.29 is 9.13 Å². The molecule has 1 aromatic rings. The molecular formula is C12H16FN3OS. The molecule has 1 aromatic carbocycles. The van der Waals surface area contributed by atoms with E-state index in [1.54, 1.807) is 32.2 Å². The molecule has 0 aromatic heterocycles. The van der Waals surface area contributed by atoms with E-state index in [1.807, 2.05) is 0 Å². The molecule has 1 rings (SSSR count). The zero-order chi connectivity index (χ0) is 13.4. The number of hydrogen-bond donors (Lipinski definition) is 2. The lowest BCUT2D eigenvalue weighted by Gasteiger charge is -2.07. The van der Waals surface area contributed by atoms with Crippen molar-refractivity contribution in [2.75, 3.05) is 20.3 Å². The van der Waals surface area contributed by atoms with Crippen LogP contribution < -0.4 is 10.7 Å².